The van der Waals surface area contributed by atoms with Gasteiger partial charge in [-0.3, -0.25) is 35.3 Å². The van der Waals surface area contributed by atoms with Crippen LogP contribution in [0.2, 0.25) is 0 Å². The minimum absolute atomic E-state index is 0.128. The Labute approximate surface area is 189 Å². The van der Waals surface area contributed by atoms with Gasteiger partial charge in [0.05, 0.1) is 42.3 Å². The Bertz CT molecular complexity index is 1410. The van der Waals surface area contributed by atoms with Crippen molar-refractivity contribution in [3.8, 4) is 5.75 Å². The van der Waals surface area contributed by atoms with Crippen LogP contribution >= 0.6 is 11.3 Å². The van der Waals surface area contributed by atoms with Gasteiger partial charge in [0.25, 0.3) is 11.4 Å². The second-order valence-corrected chi connectivity index (χ2v) is 9.00. The molecular weight excluding hydrogens is 452 g/mol. The van der Waals surface area contributed by atoms with Crippen molar-refractivity contribution in [1.29, 1.82) is 0 Å². The van der Waals surface area contributed by atoms with E-state index < -0.39 is 37.6 Å². The first kappa shape index (κ1) is 22.3. The summed E-state index contributed by atoms with van der Waals surface area (Å²) >= 11 is 1.94. The molecule has 0 spiro atoms. The number of phenols is 1. The Morgan fingerprint density at radius 2 is 1.64 bits per heavy atom. The molecule has 1 fully saturated rings. The van der Waals surface area contributed by atoms with E-state index in [0.717, 1.165) is 0 Å². The number of fused-ring (bicyclic) bond motifs is 4. The highest BCUT2D eigenvalue weighted by molar-refractivity contribution is 7.17. The van der Waals surface area contributed by atoms with E-state index in [1.54, 1.807) is 5.57 Å². The maximum Gasteiger partial charge on any atom is 0.324 e. The van der Waals surface area contributed by atoms with Gasteiger partial charge in [-0.2, -0.15) is 0 Å². The molecular formula is C21H18N4O7S. The van der Waals surface area contributed by atoms with Gasteiger partial charge in [0.15, 0.2) is 0 Å². The normalized spacial score (nSPS) is 18.5. The van der Waals surface area contributed by atoms with Crippen LogP contribution in [0.25, 0.3) is 15.7 Å². The Hall–Kier alpha value is -3.93. The molecule has 1 aliphatic heterocycles. The summed E-state index contributed by atoms with van der Waals surface area (Å²) in [5, 5.41) is 42.9. The van der Waals surface area contributed by atoms with Crippen LogP contribution in [0, 0.1) is 30.3 Å². The molecule has 1 aliphatic carbocycles. The Morgan fingerprint density at radius 1 is 1.00 bits per heavy atom. The molecule has 11 nitrogen and oxygen atoms in total. The van der Waals surface area contributed by atoms with E-state index in [4.69, 9.17) is 10.1 Å². The molecule has 2 aromatic carbocycles. The Kier molecular flexibility index (Phi) is 5.54. The largest absolute Gasteiger partial charge is 0.497 e. The van der Waals surface area contributed by atoms with Gasteiger partial charge in [0, 0.05) is 10.1 Å². The molecule has 0 radical (unpaired) electrons. The number of nitro benzene ring substituents is 3. The minimum atomic E-state index is -1.21. The predicted molar refractivity (Wildman–Crippen MR) is 121 cm³/mol. The first-order valence-electron chi connectivity index (χ1n) is 10.0. The number of hydrogen-bond acceptors (Lipinski definition) is 9. The molecule has 1 atom stereocenters. The summed E-state index contributed by atoms with van der Waals surface area (Å²) in [6.45, 7) is 2.32. The van der Waals surface area contributed by atoms with Gasteiger partial charge in [-0.1, -0.05) is 24.6 Å². The average Bonchev–Trinajstić information content (AvgIpc) is 3.26. The van der Waals surface area contributed by atoms with E-state index >= 15 is 0 Å². The number of aromatic hydroxyl groups is 1. The quantitative estimate of drug-likeness (QED) is 0.444. The molecule has 0 amide bonds. The van der Waals surface area contributed by atoms with Crippen LogP contribution in [0.15, 0.2) is 41.4 Å². The van der Waals surface area contributed by atoms with E-state index in [1.807, 2.05) is 11.3 Å². The van der Waals surface area contributed by atoms with Gasteiger partial charge in [-0.15, -0.1) is 11.3 Å². The van der Waals surface area contributed by atoms with E-state index in [2.05, 4.69) is 31.2 Å². The van der Waals surface area contributed by atoms with Gasteiger partial charge in [-0.25, -0.2) is 0 Å². The average molecular weight is 470 g/mol. The van der Waals surface area contributed by atoms with Crippen molar-refractivity contribution in [1.82, 2.24) is 0 Å². The number of rotatable bonds is 3. The van der Waals surface area contributed by atoms with Crippen LogP contribution < -0.4 is 9.89 Å². The lowest BCUT2D eigenvalue weighted by Gasteiger charge is -2.29. The fourth-order valence-electron chi connectivity index (χ4n) is 4.24. The molecule has 0 saturated heterocycles. The van der Waals surface area contributed by atoms with Crippen LogP contribution in [0.1, 0.15) is 32.6 Å². The smallest absolute Gasteiger partial charge is 0.324 e. The van der Waals surface area contributed by atoms with E-state index in [0.29, 0.717) is 12.1 Å². The third-order valence-corrected chi connectivity index (χ3v) is 7.07. The van der Waals surface area contributed by atoms with Gasteiger partial charge < -0.3 is 5.11 Å². The number of thiophene rings is 1. The third kappa shape index (κ3) is 3.89. The van der Waals surface area contributed by atoms with Gasteiger partial charge in [0.2, 0.25) is 0 Å². The van der Waals surface area contributed by atoms with Crippen LogP contribution in [0.3, 0.4) is 0 Å². The fraction of sp³-hybridized carbons (Fsp3) is 0.286. The second-order valence-electron chi connectivity index (χ2n) is 7.95. The van der Waals surface area contributed by atoms with Gasteiger partial charge in [-0.05, 0) is 37.8 Å². The molecule has 0 bridgehead atoms. The first-order valence-corrected chi connectivity index (χ1v) is 10.9. The van der Waals surface area contributed by atoms with Crippen LogP contribution in [-0.2, 0) is 0 Å². The molecule has 2 heterocycles. The summed E-state index contributed by atoms with van der Waals surface area (Å²) in [5.74, 6) is -1.21. The lowest BCUT2D eigenvalue weighted by Crippen LogP contribution is -2.27. The lowest BCUT2D eigenvalue weighted by atomic mass is 9.80. The van der Waals surface area contributed by atoms with Gasteiger partial charge >= 0.3 is 11.4 Å². The monoisotopic (exact) mass is 470 g/mol. The van der Waals surface area contributed by atoms with Crippen molar-refractivity contribution in [3.63, 3.8) is 0 Å². The van der Waals surface area contributed by atoms with Crippen molar-refractivity contribution < 1.29 is 19.9 Å². The summed E-state index contributed by atoms with van der Waals surface area (Å²) in [7, 11) is 0. The maximum absolute atomic E-state index is 10.4. The zero-order chi connectivity index (χ0) is 23.9. The summed E-state index contributed by atoms with van der Waals surface area (Å²) in [6, 6.07) is 9.58. The molecule has 33 heavy (non-hydrogen) atoms. The molecule has 1 aromatic heterocycles. The maximum atomic E-state index is 10.4. The molecule has 1 N–H and O–H groups in total. The predicted octanol–water partition coefficient (Wildman–Crippen LogP) is 4.13. The van der Waals surface area contributed by atoms with Crippen molar-refractivity contribution in [2.75, 3.05) is 0 Å². The highest BCUT2D eigenvalue weighted by Crippen LogP contribution is 2.39. The summed E-state index contributed by atoms with van der Waals surface area (Å²) < 4.78 is 2.87. The lowest BCUT2D eigenvalue weighted by molar-refractivity contribution is -0.404. The molecule has 3 aromatic rings. The number of phenolic OH excluding ortho intramolecular Hbond substituents is 1. The van der Waals surface area contributed by atoms with Gasteiger partial charge in [0.1, 0.15) is 0 Å². The standard InChI is InChI=1S/C15H15NS.C6H3N3O7/c1-15-9-5-4-7-11(15)14-13(16-15)10-6-2-3-8-12(10)17-14;10-6-4(8(13)14)1-3(7(11)12)2-5(6)9(15)16/h2-3,6,8H,4-5,7,9H2,1H3;1-2,10H. The third-order valence-electron chi connectivity index (χ3n) is 5.85. The highest BCUT2D eigenvalue weighted by Gasteiger charge is 2.35. The molecule has 2 aliphatic rings. The molecule has 12 heteroatoms. The summed E-state index contributed by atoms with van der Waals surface area (Å²) in [5.41, 5.74) is -1.26. The summed E-state index contributed by atoms with van der Waals surface area (Å²) in [6.07, 6.45) is 5.16. The van der Waals surface area contributed by atoms with Crippen LogP contribution in [0.5, 0.6) is 5.75 Å². The van der Waals surface area contributed by atoms with Crippen molar-refractivity contribution in [2.45, 2.75) is 38.1 Å². The highest BCUT2D eigenvalue weighted by atomic mass is 32.1. The van der Waals surface area contributed by atoms with E-state index in [-0.39, 0.29) is 5.54 Å². The zero-order valence-electron chi connectivity index (χ0n) is 17.4. The topological polar surface area (TPSA) is 162 Å². The SMILES string of the molecule is CC12CCCCC1=c1sc3ccccc3c1=N2.O=[N+]([O-])c1cc([N+](=O)[O-])c(O)c([N+](=O)[O-])c1. The Morgan fingerprint density at radius 3 is 2.24 bits per heavy atom. The van der Waals surface area contributed by atoms with Crippen LogP contribution in [0.4, 0.5) is 17.1 Å². The minimum Gasteiger partial charge on any atom is -0.497 e. The number of hydrogen-bond donors (Lipinski definition) is 1. The van der Waals surface area contributed by atoms with E-state index in [1.165, 1.54) is 45.7 Å². The number of non-ortho nitro benzene ring substituents is 1. The van der Waals surface area contributed by atoms with Crippen molar-refractivity contribution >= 4 is 44.1 Å². The Balaban J connectivity index is 0.000000158. The molecule has 1 saturated carbocycles. The molecule has 5 rings (SSSR count). The molecule has 170 valence electrons. The number of benzene rings is 2. The summed E-state index contributed by atoms with van der Waals surface area (Å²) in [4.78, 5) is 32.8. The fourth-order valence-corrected chi connectivity index (χ4v) is 5.58. The van der Waals surface area contributed by atoms with Crippen LogP contribution in [-0.4, -0.2) is 25.4 Å². The van der Waals surface area contributed by atoms with E-state index in [9.17, 15) is 30.3 Å². The number of nitrogens with zero attached hydrogens (tertiary/aromatic N) is 4. The second kappa shape index (κ2) is 8.20. The zero-order valence-corrected chi connectivity index (χ0v) is 18.2. The molecule has 1 unspecified atom stereocenters. The number of nitro groups is 3. The van der Waals surface area contributed by atoms with Crippen molar-refractivity contribution in [2.24, 2.45) is 4.99 Å². The van der Waals surface area contributed by atoms with Crippen molar-refractivity contribution in [3.05, 3.63) is 76.6 Å². The first-order chi connectivity index (χ1) is 15.6.